The van der Waals surface area contributed by atoms with Crippen LogP contribution < -0.4 is 4.40 Å². The van der Waals surface area contributed by atoms with Crippen molar-refractivity contribution in [2.45, 2.75) is 62.7 Å². The largest absolute Gasteiger partial charge is 0 e. The Morgan fingerprint density at radius 2 is 1.50 bits per heavy atom. The van der Waals surface area contributed by atoms with E-state index in [2.05, 4.69) is 120 Å². The van der Waals surface area contributed by atoms with Crippen LogP contribution in [-0.2, 0) is 32.9 Å². The standard InChI is InChI=1S/C24H22NO.C21H22GeN.Ir/c1-16-6-8-23-20(12-16)21-15-19(7-9-24(21)26-23)22-14-18(10-11-25-22)13-17-4-2-3-5-17;1-22(2,3)20-16-23-21(18-12-8-5-9-13-18)15-19(20)14-17-10-6-4-7-11-17;/h6,8-12,14-15,17H,2-5,13H2,1H3;4-12,15-16H,14H2,1-3H3;/q2*-1;. The fourth-order valence-corrected chi connectivity index (χ4v) is 10.4. The van der Waals surface area contributed by atoms with Crippen LogP contribution in [0.25, 0.3) is 44.5 Å². The van der Waals surface area contributed by atoms with Gasteiger partial charge < -0.3 is 9.40 Å². The first-order chi connectivity index (χ1) is 23.8. The van der Waals surface area contributed by atoms with Gasteiger partial charge in [0, 0.05) is 31.7 Å². The van der Waals surface area contributed by atoms with Crippen LogP contribution in [-0.4, -0.2) is 23.2 Å². The topological polar surface area (TPSA) is 38.9 Å². The monoisotopic (exact) mass is 895 g/mol. The molecule has 3 heterocycles. The maximum Gasteiger partial charge on any atom is 0 e. The van der Waals surface area contributed by atoms with Crippen molar-refractivity contribution in [3.63, 3.8) is 0 Å². The second-order valence-electron chi connectivity index (χ2n) is 14.5. The SMILES string of the molecule is Cc1ccc2oc3c[c-]c(-c4cc(CC5CCCC5)ccn4)cc3c2c1.[CH3][Ge]([CH3])([CH3])[c]1cnc(-c2[c-]cccc2)cc1Cc1ccccc1.[Ir]. The predicted molar refractivity (Wildman–Crippen MR) is 207 cm³/mol. The van der Waals surface area contributed by atoms with Gasteiger partial charge in [-0.15, -0.1) is 23.8 Å². The van der Waals surface area contributed by atoms with Gasteiger partial charge >= 0.3 is 142 Å². The Morgan fingerprint density at radius 1 is 0.740 bits per heavy atom. The first-order valence-electron chi connectivity index (χ1n) is 17.6. The van der Waals surface area contributed by atoms with Crippen LogP contribution in [0.3, 0.4) is 0 Å². The summed E-state index contributed by atoms with van der Waals surface area (Å²) in [4.78, 5) is 9.34. The average Bonchev–Trinajstić information content (AvgIpc) is 3.76. The van der Waals surface area contributed by atoms with E-state index in [1.807, 2.05) is 36.5 Å². The van der Waals surface area contributed by atoms with Crippen molar-refractivity contribution in [2.75, 3.05) is 0 Å². The molecule has 255 valence electrons. The van der Waals surface area contributed by atoms with Crippen LogP contribution in [0.4, 0.5) is 0 Å². The zero-order chi connectivity index (χ0) is 33.8. The molecule has 1 saturated carbocycles. The predicted octanol–water partition coefficient (Wildman–Crippen LogP) is 11.2. The summed E-state index contributed by atoms with van der Waals surface area (Å²) in [6.45, 7) is 2.11. The van der Waals surface area contributed by atoms with Crippen molar-refractivity contribution < 1.29 is 24.5 Å². The molecule has 50 heavy (non-hydrogen) atoms. The first kappa shape index (κ1) is 36.0. The number of nitrogens with zero attached hydrogens (tertiary/aromatic N) is 2. The molecule has 0 unspecified atom stereocenters. The number of benzene rings is 4. The number of rotatable bonds is 7. The van der Waals surface area contributed by atoms with Gasteiger partial charge in [0.2, 0.25) is 0 Å². The third-order valence-corrected chi connectivity index (χ3v) is 14.0. The van der Waals surface area contributed by atoms with Gasteiger partial charge in [-0.2, -0.15) is 0 Å². The van der Waals surface area contributed by atoms with E-state index in [4.69, 9.17) is 9.40 Å². The summed E-state index contributed by atoms with van der Waals surface area (Å²) >= 11 is -1.96. The molecule has 3 aromatic heterocycles. The van der Waals surface area contributed by atoms with E-state index in [0.29, 0.717) is 0 Å². The minimum Gasteiger partial charge on any atom is 0 e. The van der Waals surface area contributed by atoms with Crippen molar-refractivity contribution >= 4 is 39.6 Å². The summed E-state index contributed by atoms with van der Waals surface area (Å²) in [5, 5.41) is 2.30. The van der Waals surface area contributed by atoms with E-state index >= 15 is 0 Å². The maximum absolute atomic E-state index is 5.96. The Bertz CT molecular complexity index is 2180. The Labute approximate surface area is 313 Å². The van der Waals surface area contributed by atoms with Crippen LogP contribution in [0.2, 0.25) is 17.3 Å². The number of furan rings is 1. The molecule has 3 nitrogen and oxygen atoms in total. The molecule has 1 aliphatic carbocycles. The summed E-state index contributed by atoms with van der Waals surface area (Å²) in [5.41, 5.74) is 11.4. The molecule has 8 rings (SSSR count). The Hall–Kier alpha value is -3.83. The molecule has 1 aliphatic rings. The first-order valence-corrected chi connectivity index (χ1v) is 24.9. The molecular weight excluding hydrogens is 849 g/mol. The molecule has 4 aromatic carbocycles. The van der Waals surface area contributed by atoms with E-state index in [-0.39, 0.29) is 20.1 Å². The van der Waals surface area contributed by atoms with Crippen molar-refractivity contribution in [2.24, 2.45) is 5.92 Å². The van der Waals surface area contributed by atoms with Gasteiger partial charge in [-0.1, -0.05) is 54.3 Å². The molecular formula is C45H44GeIrN2O-2. The number of hydrogen-bond donors (Lipinski definition) is 0. The molecule has 0 saturated heterocycles. The number of hydrogen-bond acceptors (Lipinski definition) is 3. The smallest absolute Gasteiger partial charge is 0 e. The molecule has 0 bridgehead atoms. The van der Waals surface area contributed by atoms with Crippen LogP contribution in [0.15, 0.2) is 120 Å². The van der Waals surface area contributed by atoms with E-state index in [9.17, 15) is 0 Å². The van der Waals surface area contributed by atoms with E-state index in [0.717, 1.165) is 56.8 Å². The van der Waals surface area contributed by atoms with E-state index in [1.54, 1.807) is 0 Å². The average molecular weight is 894 g/mol. The third-order valence-electron chi connectivity index (χ3n) is 9.68. The zero-order valence-corrected chi connectivity index (χ0v) is 33.9. The summed E-state index contributed by atoms with van der Waals surface area (Å²) in [5.74, 6) is 8.14. The molecule has 0 spiro atoms. The third kappa shape index (κ3) is 8.54. The number of aromatic nitrogens is 2. The van der Waals surface area contributed by atoms with Crippen LogP contribution in [0.1, 0.15) is 47.9 Å². The maximum atomic E-state index is 5.96. The molecule has 0 amide bonds. The molecule has 1 fully saturated rings. The normalized spacial score (nSPS) is 13.2. The second kappa shape index (κ2) is 16.0. The van der Waals surface area contributed by atoms with Gasteiger partial charge in [0.05, 0.1) is 5.58 Å². The molecule has 0 atom stereocenters. The van der Waals surface area contributed by atoms with Crippen molar-refractivity contribution in [1.82, 2.24) is 9.97 Å². The van der Waals surface area contributed by atoms with Crippen LogP contribution in [0, 0.1) is 25.0 Å². The summed E-state index contributed by atoms with van der Waals surface area (Å²) in [6.07, 6.45) is 11.7. The van der Waals surface area contributed by atoms with Gasteiger partial charge in [0.1, 0.15) is 5.58 Å². The Balaban J connectivity index is 0.000000171. The molecule has 5 heteroatoms. The molecule has 1 radical (unpaired) electrons. The van der Waals surface area contributed by atoms with Crippen molar-refractivity contribution in [1.29, 1.82) is 0 Å². The fourth-order valence-electron chi connectivity index (χ4n) is 7.11. The van der Waals surface area contributed by atoms with E-state index < -0.39 is 13.3 Å². The molecule has 7 aromatic rings. The quantitative estimate of drug-likeness (QED) is 0.118. The Kier molecular flexibility index (Phi) is 11.5. The number of aryl methyl sites for hydroxylation is 1. The van der Waals surface area contributed by atoms with Crippen molar-refractivity contribution in [3.8, 4) is 22.5 Å². The van der Waals surface area contributed by atoms with Gasteiger partial charge in [0.15, 0.2) is 0 Å². The number of pyridine rings is 2. The van der Waals surface area contributed by atoms with Gasteiger partial charge in [-0.3, -0.25) is 0 Å². The summed E-state index contributed by atoms with van der Waals surface area (Å²) < 4.78 is 7.45. The number of fused-ring (bicyclic) bond motifs is 3. The Morgan fingerprint density at radius 3 is 2.26 bits per heavy atom. The van der Waals surface area contributed by atoms with Gasteiger partial charge in [-0.25, -0.2) is 0 Å². The van der Waals surface area contributed by atoms with Crippen molar-refractivity contribution in [3.05, 3.63) is 150 Å². The van der Waals surface area contributed by atoms with E-state index in [1.165, 1.54) is 58.8 Å². The van der Waals surface area contributed by atoms with Crippen LogP contribution in [0.5, 0.6) is 0 Å². The summed E-state index contributed by atoms with van der Waals surface area (Å²) in [7, 11) is 0. The summed E-state index contributed by atoms with van der Waals surface area (Å²) in [6, 6.07) is 42.5. The molecule has 0 aliphatic heterocycles. The van der Waals surface area contributed by atoms with Gasteiger partial charge in [0.25, 0.3) is 0 Å². The molecule has 0 N–H and O–H groups in total. The fraction of sp³-hybridized carbons (Fsp3) is 0.244. The van der Waals surface area contributed by atoms with Gasteiger partial charge in [-0.05, 0) is 43.2 Å². The minimum absolute atomic E-state index is 0. The second-order valence-corrected chi connectivity index (χ2v) is 25.1. The zero-order valence-electron chi connectivity index (χ0n) is 29.4. The van der Waals surface area contributed by atoms with Crippen LogP contribution >= 0.6 is 0 Å². The minimum atomic E-state index is -1.96.